The molecule has 62 heavy (non-hydrogen) atoms. The van der Waals surface area contributed by atoms with Gasteiger partial charge in [-0.2, -0.15) is 0 Å². The number of fused-ring (bicyclic) bond motifs is 2. The standard InChI is InChI=1S/C40H58N10O11S/c1-6-19(2)32-37(59)43-16-30(54)44-21(4)34(56)46-26(15-29(41)53)40(61)50-13-9-12-27(50)36(58)49-33(20(3)28(52)18-51)38(60)45-25(35(57)42-17-31(55)48-32)14-23-22-10-7-8-11-24(22)47-39(23)62-5/h7-8,10-11,19-21,25-28,32-33,47,51-52H,6,9,12-18H2,1-5H3,(H2,41,53)(H,42,57)(H,43,59)(H,44,54)(H,45,60)(H,46,56)(H,48,55)(H,49,58)/t19-,20-,21-,25?,26-,27-,28-,32-,33-/m0/s1. The highest BCUT2D eigenvalue weighted by molar-refractivity contribution is 7.98. The van der Waals surface area contributed by atoms with Gasteiger partial charge < -0.3 is 63.0 Å². The lowest BCUT2D eigenvalue weighted by Crippen LogP contribution is -2.61. The molecule has 3 heterocycles. The molecule has 2 aliphatic rings. The fourth-order valence-electron chi connectivity index (χ4n) is 7.35. The van der Waals surface area contributed by atoms with Gasteiger partial charge in [-0.05, 0) is 43.6 Å². The summed E-state index contributed by atoms with van der Waals surface area (Å²) in [5.41, 5.74) is 6.84. The number of nitrogens with zero attached hydrogens (tertiary/aromatic N) is 1. The molecule has 0 radical (unpaired) electrons. The smallest absolute Gasteiger partial charge is 0.246 e. The number of rotatable bonds is 10. The number of aliphatic hydroxyl groups excluding tert-OH is 2. The Morgan fingerprint density at radius 1 is 0.855 bits per heavy atom. The lowest BCUT2D eigenvalue weighted by molar-refractivity contribution is -0.144. The summed E-state index contributed by atoms with van der Waals surface area (Å²) in [4.78, 5) is 126. The van der Waals surface area contributed by atoms with Crippen LogP contribution in [0.15, 0.2) is 29.3 Å². The molecule has 0 saturated carbocycles. The summed E-state index contributed by atoms with van der Waals surface area (Å²) in [6.07, 6.45) is 0.322. The number of hydrogen-bond acceptors (Lipinski definition) is 12. The molecule has 2 fully saturated rings. The molecule has 2 aliphatic heterocycles. The number of thioether (sulfide) groups is 1. The van der Waals surface area contributed by atoms with Crippen LogP contribution < -0.4 is 43.0 Å². The van der Waals surface area contributed by atoms with Crippen LogP contribution in [-0.2, 0) is 49.6 Å². The van der Waals surface area contributed by atoms with Crippen molar-refractivity contribution in [1.82, 2.24) is 47.1 Å². The first-order chi connectivity index (χ1) is 29.4. The van der Waals surface area contributed by atoms with Gasteiger partial charge in [-0.25, -0.2) is 0 Å². The SMILES string of the molecule is CC[C@H](C)[C@@H]1NC(=O)CNC(=O)C(Cc2c(SC)[nH]c3ccccc23)NC(=O)[C@H]([C@@H](C)[C@@H](O)CO)NC(=O)[C@@H]2CCCN2C(=O)[C@H](CC(N)=O)NC(=O)[C@H](C)NC(=O)CNC1=O. The monoisotopic (exact) mass is 886 g/mol. The second-order valence-electron chi connectivity index (χ2n) is 15.6. The molecule has 0 bridgehead atoms. The molecule has 9 atom stereocenters. The first kappa shape index (κ1) is 48.9. The average molecular weight is 887 g/mol. The molecule has 340 valence electrons. The number of para-hydroxylation sites is 1. The van der Waals surface area contributed by atoms with E-state index in [2.05, 4.69) is 42.2 Å². The Hall–Kier alpha value is -5.74. The van der Waals surface area contributed by atoms with Crippen LogP contribution in [-0.4, -0.2) is 148 Å². The Kier molecular flexibility index (Phi) is 17.7. The predicted molar refractivity (Wildman–Crippen MR) is 225 cm³/mol. The summed E-state index contributed by atoms with van der Waals surface area (Å²) in [6, 6.07) is -0.963. The molecule has 1 aromatic heterocycles. The number of carbonyl (C=O) groups is 9. The van der Waals surface area contributed by atoms with E-state index in [1.807, 2.05) is 24.5 Å². The van der Waals surface area contributed by atoms with Crippen LogP contribution in [0.4, 0.5) is 0 Å². The molecule has 9 amide bonds. The van der Waals surface area contributed by atoms with Crippen molar-refractivity contribution in [3.8, 4) is 0 Å². The van der Waals surface area contributed by atoms with Gasteiger partial charge in [-0.3, -0.25) is 43.2 Å². The highest BCUT2D eigenvalue weighted by Gasteiger charge is 2.42. The van der Waals surface area contributed by atoms with Crippen LogP contribution in [0, 0.1) is 11.8 Å². The number of nitrogens with two attached hydrogens (primary N) is 1. The lowest BCUT2D eigenvalue weighted by atomic mass is 9.94. The van der Waals surface area contributed by atoms with Gasteiger partial charge in [0.2, 0.25) is 53.2 Å². The Bertz CT molecular complexity index is 2010. The molecule has 1 unspecified atom stereocenters. The van der Waals surface area contributed by atoms with Crippen molar-refractivity contribution >= 4 is 75.8 Å². The van der Waals surface area contributed by atoms with Crippen LogP contribution >= 0.6 is 11.8 Å². The van der Waals surface area contributed by atoms with Gasteiger partial charge in [0.05, 0.1) is 37.2 Å². The summed E-state index contributed by atoms with van der Waals surface area (Å²) in [5, 5.41) is 39.7. The van der Waals surface area contributed by atoms with E-state index in [0.29, 0.717) is 23.4 Å². The molecular formula is C40H58N10O11S. The van der Waals surface area contributed by atoms with Crippen LogP contribution in [0.2, 0.25) is 0 Å². The molecule has 22 heteroatoms. The molecule has 0 aliphatic carbocycles. The summed E-state index contributed by atoms with van der Waals surface area (Å²) in [7, 11) is 0. The first-order valence-electron chi connectivity index (χ1n) is 20.5. The van der Waals surface area contributed by atoms with E-state index in [9.17, 15) is 53.4 Å². The van der Waals surface area contributed by atoms with Crippen LogP contribution in [0.25, 0.3) is 10.9 Å². The van der Waals surface area contributed by atoms with Gasteiger partial charge in [0.15, 0.2) is 0 Å². The zero-order valence-corrected chi connectivity index (χ0v) is 36.2. The normalized spacial score (nSPS) is 25.8. The highest BCUT2D eigenvalue weighted by Crippen LogP contribution is 2.30. The fourth-order valence-corrected chi connectivity index (χ4v) is 8.01. The minimum atomic E-state index is -1.60. The second kappa shape index (κ2) is 22.4. The van der Waals surface area contributed by atoms with E-state index in [-0.39, 0.29) is 19.4 Å². The van der Waals surface area contributed by atoms with Gasteiger partial charge in [0.25, 0.3) is 0 Å². The molecular weight excluding hydrogens is 829 g/mol. The van der Waals surface area contributed by atoms with Gasteiger partial charge >= 0.3 is 0 Å². The minimum Gasteiger partial charge on any atom is -0.394 e. The zero-order chi connectivity index (χ0) is 45.8. The third-order valence-electron chi connectivity index (χ3n) is 11.2. The predicted octanol–water partition coefficient (Wildman–Crippen LogP) is -2.98. The van der Waals surface area contributed by atoms with Crippen molar-refractivity contribution in [2.75, 3.05) is 32.5 Å². The molecule has 0 spiro atoms. The van der Waals surface area contributed by atoms with Crippen molar-refractivity contribution in [2.45, 2.75) is 107 Å². The van der Waals surface area contributed by atoms with E-state index in [4.69, 9.17) is 5.73 Å². The maximum Gasteiger partial charge on any atom is 0.246 e. The number of amides is 9. The summed E-state index contributed by atoms with van der Waals surface area (Å²) < 4.78 is 0. The van der Waals surface area contributed by atoms with Crippen LogP contribution in [0.3, 0.4) is 0 Å². The van der Waals surface area contributed by atoms with Gasteiger partial charge in [0.1, 0.15) is 36.3 Å². The number of H-pyrrole nitrogens is 1. The topological polar surface area (TPSA) is 323 Å². The number of benzene rings is 1. The van der Waals surface area contributed by atoms with Gasteiger partial charge in [0, 0.05) is 29.8 Å². The number of aromatic amines is 1. The zero-order valence-electron chi connectivity index (χ0n) is 35.4. The Balaban J connectivity index is 1.76. The number of nitrogens with one attached hydrogen (secondary N) is 8. The molecule has 2 saturated heterocycles. The molecule has 21 nitrogen and oxygen atoms in total. The minimum absolute atomic E-state index is 0.00951. The largest absolute Gasteiger partial charge is 0.394 e. The van der Waals surface area contributed by atoms with Crippen molar-refractivity contribution in [2.24, 2.45) is 17.6 Å². The number of aliphatic hydroxyl groups is 2. The highest BCUT2D eigenvalue weighted by atomic mass is 32.2. The van der Waals surface area contributed by atoms with E-state index in [1.54, 1.807) is 19.9 Å². The van der Waals surface area contributed by atoms with Gasteiger partial charge in [-0.1, -0.05) is 45.4 Å². The van der Waals surface area contributed by atoms with E-state index in [1.165, 1.54) is 25.6 Å². The summed E-state index contributed by atoms with van der Waals surface area (Å²) >= 11 is 1.36. The third kappa shape index (κ3) is 12.4. The van der Waals surface area contributed by atoms with E-state index < -0.39 is 133 Å². The average Bonchev–Trinajstić information content (AvgIpc) is 3.88. The Morgan fingerprint density at radius 2 is 1.50 bits per heavy atom. The van der Waals surface area contributed by atoms with Crippen LogP contribution in [0.5, 0.6) is 0 Å². The second-order valence-corrected chi connectivity index (χ2v) is 16.4. The Labute approximate surface area is 362 Å². The molecule has 1 aromatic carbocycles. The number of primary amides is 1. The van der Waals surface area contributed by atoms with Gasteiger partial charge in [-0.15, -0.1) is 11.8 Å². The van der Waals surface area contributed by atoms with E-state index >= 15 is 0 Å². The van der Waals surface area contributed by atoms with Crippen molar-refractivity contribution < 1.29 is 53.4 Å². The van der Waals surface area contributed by atoms with E-state index in [0.717, 1.165) is 15.8 Å². The molecule has 2 aromatic rings. The number of carbonyl (C=O) groups excluding carboxylic acids is 9. The molecule has 4 rings (SSSR count). The summed E-state index contributed by atoms with van der Waals surface area (Å²) in [6.45, 7) is 4.13. The molecule has 12 N–H and O–H groups in total. The number of aromatic nitrogens is 1. The maximum atomic E-state index is 14.4. The van der Waals surface area contributed by atoms with Crippen molar-refractivity contribution in [3.63, 3.8) is 0 Å². The first-order valence-corrected chi connectivity index (χ1v) is 21.7. The third-order valence-corrected chi connectivity index (χ3v) is 12.0. The summed E-state index contributed by atoms with van der Waals surface area (Å²) in [5.74, 6) is -9.20. The Morgan fingerprint density at radius 3 is 2.15 bits per heavy atom. The van der Waals surface area contributed by atoms with Crippen molar-refractivity contribution in [1.29, 1.82) is 0 Å². The quantitative estimate of drug-likeness (QED) is 0.107. The number of hydrogen-bond donors (Lipinski definition) is 11. The fraction of sp³-hybridized carbons (Fsp3) is 0.575. The van der Waals surface area contributed by atoms with Crippen LogP contribution in [0.1, 0.15) is 58.9 Å². The maximum absolute atomic E-state index is 14.4. The lowest BCUT2D eigenvalue weighted by Gasteiger charge is -2.32. The van der Waals surface area contributed by atoms with Crippen molar-refractivity contribution in [3.05, 3.63) is 29.8 Å².